The first kappa shape index (κ1) is 14.9. The maximum Gasteiger partial charge on any atom is 0.246 e. The molecule has 2 N–H and O–H groups in total. The first-order chi connectivity index (χ1) is 8.82. The number of benzene rings is 1. The van der Waals surface area contributed by atoms with E-state index in [-0.39, 0.29) is 14.9 Å². The highest BCUT2D eigenvalue weighted by molar-refractivity contribution is 7.89. The predicted molar refractivity (Wildman–Crippen MR) is 77.1 cm³/mol. The van der Waals surface area contributed by atoms with Crippen molar-refractivity contribution in [3.63, 3.8) is 0 Å². The lowest BCUT2D eigenvalue weighted by atomic mass is 10.3. The molecule has 0 atom stereocenters. The SMILES string of the molecule is CN1CCN(S(=O)(=O)c2c(Cl)cc(N)cc2Cl)CC1. The van der Waals surface area contributed by atoms with E-state index in [0.717, 1.165) is 0 Å². The molecule has 1 aliphatic heterocycles. The van der Waals surface area contributed by atoms with Crippen molar-refractivity contribution >= 4 is 38.9 Å². The van der Waals surface area contributed by atoms with Gasteiger partial charge in [0.1, 0.15) is 4.90 Å². The Bertz CT molecular complexity index is 561. The maximum absolute atomic E-state index is 12.5. The molecule has 0 aliphatic carbocycles. The summed E-state index contributed by atoms with van der Waals surface area (Å²) in [6.07, 6.45) is 0. The molecule has 19 heavy (non-hydrogen) atoms. The van der Waals surface area contributed by atoms with E-state index in [1.807, 2.05) is 7.05 Å². The van der Waals surface area contributed by atoms with Gasteiger partial charge in [0, 0.05) is 31.9 Å². The molecule has 106 valence electrons. The highest BCUT2D eigenvalue weighted by Crippen LogP contribution is 2.34. The summed E-state index contributed by atoms with van der Waals surface area (Å²) in [5, 5.41) is 0.118. The van der Waals surface area contributed by atoms with Crippen molar-refractivity contribution in [2.75, 3.05) is 39.0 Å². The minimum Gasteiger partial charge on any atom is -0.399 e. The molecule has 5 nitrogen and oxygen atoms in total. The molecule has 0 amide bonds. The molecule has 1 heterocycles. The van der Waals surface area contributed by atoms with Crippen LogP contribution >= 0.6 is 23.2 Å². The van der Waals surface area contributed by atoms with Crippen LogP contribution in [0.3, 0.4) is 0 Å². The molecule has 0 aromatic heterocycles. The van der Waals surface area contributed by atoms with Crippen molar-refractivity contribution in [1.82, 2.24) is 9.21 Å². The van der Waals surface area contributed by atoms with E-state index in [1.54, 1.807) is 0 Å². The van der Waals surface area contributed by atoms with Gasteiger partial charge in [-0.25, -0.2) is 8.42 Å². The quantitative estimate of drug-likeness (QED) is 0.838. The van der Waals surface area contributed by atoms with Crippen molar-refractivity contribution in [2.24, 2.45) is 0 Å². The molecule has 0 radical (unpaired) electrons. The summed E-state index contributed by atoms with van der Waals surface area (Å²) in [4.78, 5) is 2.01. The highest BCUT2D eigenvalue weighted by Gasteiger charge is 2.31. The summed E-state index contributed by atoms with van der Waals surface area (Å²) < 4.78 is 26.5. The average molecular weight is 324 g/mol. The zero-order valence-electron chi connectivity index (χ0n) is 10.4. The van der Waals surface area contributed by atoms with E-state index in [9.17, 15) is 8.42 Å². The topological polar surface area (TPSA) is 66.6 Å². The number of sulfonamides is 1. The van der Waals surface area contributed by atoms with Crippen molar-refractivity contribution in [2.45, 2.75) is 4.90 Å². The summed E-state index contributed by atoms with van der Waals surface area (Å²) in [6.45, 7) is 2.22. The Morgan fingerprint density at radius 1 is 1.11 bits per heavy atom. The Hall–Kier alpha value is -0.530. The summed E-state index contributed by atoms with van der Waals surface area (Å²) in [5.41, 5.74) is 5.92. The molecular weight excluding hydrogens is 309 g/mol. The fraction of sp³-hybridized carbons (Fsp3) is 0.455. The molecular formula is C11H15Cl2N3O2S. The fourth-order valence-corrected chi connectivity index (χ4v) is 4.59. The lowest BCUT2D eigenvalue weighted by Gasteiger charge is -2.31. The molecule has 1 aromatic rings. The van der Waals surface area contributed by atoms with Gasteiger partial charge in [-0.15, -0.1) is 0 Å². The van der Waals surface area contributed by atoms with Gasteiger partial charge in [-0.05, 0) is 19.2 Å². The van der Waals surface area contributed by atoms with Crippen LogP contribution in [0.1, 0.15) is 0 Å². The molecule has 0 saturated carbocycles. The van der Waals surface area contributed by atoms with E-state index in [2.05, 4.69) is 4.90 Å². The van der Waals surface area contributed by atoms with Crippen molar-refractivity contribution < 1.29 is 8.42 Å². The van der Waals surface area contributed by atoms with Crippen LogP contribution in [0.5, 0.6) is 0 Å². The Morgan fingerprint density at radius 2 is 1.58 bits per heavy atom. The number of rotatable bonds is 2. The smallest absolute Gasteiger partial charge is 0.246 e. The van der Waals surface area contributed by atoms with E-state index in [4.69, 9.17) is 28.9 Å². The number of nitrogens with two attached hydrogens (primary N) is 1. The zero-order valence-corrected chi connectivity index (χ0v) is 12.8. The number of hydrogen-bond donors (Lipinski definition) is 1. The van der Waals surface area contributed by atoms with Crippen molar-refractivity contribution in [1.29, 1.82) is 0 Å². The first-order valence-electron chi connectivity index (χ1n) is 5.75. The van der Waals surface area contributed by atoms with Crippen LogP contribution in [0.4, 0.5) is 5.69 Å². The Morgan fingerprint density at radius 3 is 2.05 bits per heavy atom. The van der Waals surface area contributed by atoms with Gasteiger partial charge in [0.2, 0.25) is 10.0 Å². The fourth-order valence-electron chi connectivity index (χ4n) is 1.98. The largest absolute Gasteiger partial charge is 0.399 e. The minimum absolute atomic E-state index is 0.0592. The average Bonchev–Trinajstić information content (AvgIpc) is 2.27. The summed E-state index contributed by atoms with van der Waals surface area (Å²) >= 11 is 12.0. The summed E-state index contributed by atoms with van der Waals surface area (Å²) in [5.74, 6) is 0. The van der Waals surface area contributed by atoms with Gasteiger partial charge < -0.3 is 10.6 Å². The van der Waals surface area contributed by atoms with Gasteiger partial charge in [0.25, 0.3) is 0 Å². The van der Waals surface area contributed by atoms with Crippen LogP contribution in [-0.4, -0.2) is 50.8 Å². The molecule has 0 unspecified atom stereocenters. The van der Waals surface area contributed by atoms with Crippen LogP contribution in [0.2, 0.25) is 10.0 Å². The van der Waals surface area contributed by atoms with E-state index in [0.29, 0.717) is 31.9 Å². The number of anilines is 1. The molecule has 0 spiro atoms. The van der Waals surface area contributed by atoms with Crippen LogP contribution in [-0.2, 0) is 10.0 Å². The second kappa shape index (κ2) is 5.46. The molecule has 1 aliphatic rings. The second-order valence-corrected chi connectivity index (χ2v) is 7.21. The van der Waals surface area contributed by atoms with Crippen LogP contribution in [0.15, 0.2) is 17.0 Å². The molecule has 1 aromatic carbocycles. The van der Waals surface area contributed by atoms with E-state index < -0.39 is 10.0 Å². The number of piperazine rings is 1. The number of likely N-dealkylation sites (N-methyl/N-ethyl adjacent to an activating group) is 1. The summed E-state index contributed by atoms with van der Waals surface area (Å²) in [6, 6.07) is 2.80. The maximum atomic E-state index is 12.5. The summed E-state index contributed by atoms with van der Waals surface area (Å²) in [7, 11) is -1.72. The van der Waals surface area contributed by atoms with E-state index in [1.165, 1.54) is 16.4 Å². The molecule has 0 bridgehead atoms. The highest BCUT2D eigenvalue weighted by atomic mass is 35.5. The van der Waals surface area contributed by atoms with Crippen LogP contribution in [0.25, 0.3) is 0 Å². The molecule has 2 rings (SSSR count). The number of nitrogens with zero attached hydrogens (tertiary/aromatic N) is 2. The number of nitrogen functional groups attached to an aromatic ring is 1. The Balaban J connectivity index is 2.40. The standard InChI is InChI=1S/C11H15Cl2N3O2S/c1-15-2-4-16(5-3-15)19(17,18)11-9(12)6-8(14)7-10(11)13/h6-7H,2-5,14H2,1H3. The number of halogens is 2. The lowest BCUT2D eigenvalue weighted by molar-refractivity contribution is 0.222. The Labute approximate surface area is 122 Å². The third kappa shape index (κ3) is 2.98. The normalized spacial score (nSPS) is 18.7. The third-order valence-electron chi connectivity index (χ3n) is 3.08. The molecule has 8 heteroatoms. The van der Waals surface area contributed by atoms with E-state index >= 15 is 0 Å². The minimum atomic E-state index is -3.68. The second-order valence-electron chi connectivity index (χ2n) is 4.52. The first-order valence-corrected chi connectivity index (χ1v) is 7.95. The zero-order chi connectivity index (χ0) is 14.2. The van der Waals surface area contributed by atoms with Gasteiger partial charge in [0.15, 0.2) is 0 Å². The van der Waals surface area contributed by atoms with Crippen molar-refractivity contribution in [3.05, 3.63) is 22.2 Å². The Kier molecular flexibility index (Phi) is 4.27. The van der Waals surface area contributed by atoms with Gasteiger partial charge in [-0.3, -0.25) is 0 Å². The lowest BCUT2D eigenvalue weighted by Crippen LogP contribution is -2.47. The van der Waals surface area contributed by atoms with Gasteiger partial charge in [-0.1, -0.05) is 23.2 Å². The monoisotopic (exact) mass is 323 g/mol. The van der Waals surface area contributed by atoms with Crippen LogP contribution < -0.4 is 5.73 Å². The van der Waals surface area contributed by atoms with Gasteiger partial charge in [-0.2, -0.15) is 4.31 Å². The van der Waals surface area contributed by atoms with Crippen molar-refractivity contribution in [3.8, 4) is 0 Å². The number of hydrogen-bond acceptors (Lipinski definition) is 4. The molecule has 1 saturated heterocycles. The third-order valence-corrected chi connectivity index (χ3v) is 5.90. The van der Waals surface area contributed by atoms with Gasteiger partial charge >= 0.3 is 0 Å². The van der Waals surface area contributed by atoms with Gasteiger partial charge in [0.05, 0.1) is 10.0 Å². The predicted octanol–water partition coefficient (Wildman–Crippen LogP) is 1.51. The van der Waals surface area contributed by atoms with Crippen LogP contribution in [0, 0.1) is 0 Å². The molecule has 1 fully saturated rings.